The fourth-order valence-electron chi connectivity index (χ4n) is 6.13. The lowest BCUT2D eigenvalue weighted by Gasteiger charge is -2.37. The number of alkyl halides is 2. The van der Waals surface area contributed by atoms with Crippen LogP contribution in [-0.4, -0.2) is 62.9 Å². The van der Waals surface area contributed by atoms with Crippen LogP contribution in [0.15, 0.2) is 30.3 Å². The Balaban J connectivity index is 1.76. The Morgan fingerprint density at radius 3 is 2.27 bits per heavy atom. The average molecular weight is 656 g/mol. The monoisotopic (exact) mass is 654 g/mol. The van der Waals surface area contributed by atoms with Gasteiger partial charge in [-0.2, -0.15) is 0 Å². The van der Waals surface area contributed by atoms with Crippen molar-refractivity contribution in [1.29, 1.82) is 0 Å². The number of hydrogen-bond donors (Lipinski definition) is 2. The van der Waals surface area contributed by atoms with Crippen LogP contribution < -0.4 is 14.9 Å². The van der Waals surface area contributed by atoms with E-state index >= 15 is 8.78 Å². The molecule has 40 heavy (non-hydrogen) atoms. The smallest absolute Gasteiger partial charge is 0.262 e. The molecule has 2 aromatic rings. The van der Waals surface area contributed by atoms with E-state index < -0.39 is 70.0 Å². The predicted molar refractivity (Wildman–Crippen MR) is 147 cm³/mol. The number of fused-ring (bicyclic) bond motifs is 4. The van der Waals surface area contributed by atoms with Crippen molar-refractivity contribution in [3.63, 3.8) is 0 Å². The zero-order chi connectivity index (χ0) is 29.5. The van der Waals surface area contributed by atoms with Gasteiger partial charge in [0.25, 0.3) is 11.8 Å². The quantitative estimate of drug-likeness (QED) is 0.512. The molecule has 2 aromatic carbocycles. The molecule has 1 spiro atoms. The fraction of sp³-hybridized carbons (Fsp3) is 0.375. The number of amides is 3. The molecule has 214 valence electrons. The minimum atomic E-state index is -4.21. The van der Waals surface area contributed by atoms with Crippen LogP contribution in [-0.2, 0) is 29.9 Å². The van der Waals surface area contributed by atoms with Crippen molar-refractivity contribution in [2.75, 3.05) is 30.1 Å². The van der Waals surface area contributed by atoms with Crippen molar-refractivity contribution in [3.05, 3.63) is 56.0 Å². The molecule has 5 rings (SSSR count). The van der Waals surface area contributed by atoms with E-state index in [-0.39, 0.29) is 37.0 Å². The van der Waals surface area contributed by atoms with Gasteiger partial charge in [-0.05, 0) is 30.3 Å². The number of benzene rings is 2. The second-order valence-corrected chi connectivity index (χ2v) is 13.5. The summed E-state index contributed by atoms with van der Waals surface area (Å²) in [6.45, 7) is -0.992. The molecule has 0 aliphatic carbocycles. The van der Waals surface area contributed by atoms with Crippen molar-refractivity contribution < 1.29 is 31.6 Å². The molecule has 0 radical (unpaired) electrons. The Hall–Kier alpha value is -2.22. The maximum absolute atomic E-state index is 15.0. The highest BCUT2D eigenvalue weighted by Gasteiger charge is 2.74. The molecule has 3 aliphatic heterocycles. The lowest BCUT2D eigenvalue weighted by atomic mass is 9.73. The Morgan fingerprint density at radius 1 is 1.07 bits per heavy atom. The highest BCUT2D eigenvalue weighted by atomic mass is 35.5. The van der Waals surface area contributed by atoms with Gasteiger partial charge in [-0.1, -0.05) is 46.4 Å². The topological polar surface area (TPSA) is 116 Å². The van der Waals surface area contributed by atoms with Crippen LogP contribution >= 0.6 is 46.4 Å². The Labute approximate surface area is 247 Å². The number of halogens is 6. The summed E-state index contributed by atoms with van der Waals surface area (Å²) in [5, 5.41) is 2.90. The second kappa shape index (κ2) is 9.67. The van der Waals surface area contributed by atoms with Crippen molar-refractivity contribution in [1.82, 2.24) is 9.62 Å². The summed E-state index contributed by atoms with van der Waals surface area (Å²) < 4.78 is 56.3. The van der Waals surface area contributed by atoms with Crippen LogP contribution in [0.5, 0.6) is 0 Å². The first-order valence-corrected chi connectivity index (χ1v) is 15.1. The van der Waals surface area contributed by atoms with E-state index in [2.05, 4.69) is 5.32 Å². The normalized spacial score (nSPS) is 26.9. The van der Waals surface area contributed by atoms with Gasteiger partial charge >= 0.3 is 0 Å². The van der Waals surface area contributed by atoms with E-state index in [0.29, 0.717) is 0 Å². The zero-order valence-corrected chi connectivity index (χ0v) is 24.5. The SMILES string of the molecule is CN(C(=O)[C@H]1[C@H]2CC(F)(F)CN2[C@]2(C(=O)Nc3c(Cl)cc(Cl)cc32)[C@H]1C(=O)NS(C)(=O)=O)c1cc(Cl)cc(Cl)c1. The third kappa shape index (κ3) is 4.62. The van der Waals surface area contributed by atoms with Crippen molar-refractivity contribution in [3.8, 4) is 0 Å². The summed E-state index contributed by atoms with van der Waals surface area (Å²) in [6.07, 6.45) is -0.163. The lowest BCUT2D eigenvalue weighted by molar-refractivity contribution is -0.140. The largest absolute Gasteiger partial charge is 0.323 e. The molecule has 0 bridgehead atoms. The first-order valence-electron chi connectivity index (χ1n) is 11.7. The highest BCUT2D eigenvalue weighted by Crippen LogP contribution is 2.61. The van der Waals surface area contributed by atoms with E-state index in [1.165, 1.54) is 37.4 Å². The number of carbonyl (C=O) groups is 3. The molecule has 3 amide bonds. The molecular formula is C24H20Cl4F2N4O5S. The number of nitrogens with one attached hydrogen (secondary N) is 2. The molecule has 0 saturated carbocycles. The molecule has 9 nitrogen and oxygen atoms in total. The molecule has 4 atom stereocenters. The number of rotatable bonds is 4. The molecular weight excluding hydrogens is 636 g/mol. The number of carbonyl (C=O) groups excluding carboxylic acids is 3. The number of hydrogen-bond acceptors (Lipinski definition) is 6. The zero-order valence-electron chi connectivity index (χ0n) is 20.6. The van der Waals surface area contributed by atoms with Crippen LogP contribution in [0.25, 0.3) is 0 Å². The van der Waals surface area contributed by atoms with Gasteiger partial charge in [-0.25, -0.2) is 17.2 Å². The summed E-state index contributed by atoms with van der Waals surface area (Å²) in [4.78, 5) is 43.9. The predicted octanol–water partition coefficient (Wildman–Crippen LogP) is 4.14. The minimum absolute atomic E-state index is 0.0184. The molecule has 16 heteroatoms. The Kier molecular flexibility index (Phi) is 7.08. The average Bonchev–Trinajstić information content (AvgIpc) is 3.37. The van der Waals surface area contributed by atoms with Crippen LogP contribution in [0.4, 0.5) is 20.2 Å². The summed E-state index contributed by atoms with van der Waals surface area (Å²) in [5.74, 6) is -9.75. The van der Waals surface area contributed by atoms with Crippen LogP contribution in [0, 0.1) is 11.8 Å². The van der Waals surface area contributed by atoms with Gasteiger partial charge in [-0.3, -0.25) is 24.0 Å². The second-order valence-electron chi connectivity index (χ2n) is 10.1. The number of anilines is 2. The molecule has 2 fully saturated rings. The van der Waals surface area contributed by atoms with Gasteiger partial charge < -0.3 is 10.2 Å². The van der Waals surface area contributed by atoms with Gasteiger partial charge in [0, 0.05) is 45.8 Å². The summed E-state index contributed by atoms with van der Waals surface area (Å²) in [6, 6.07) is 5.48. The molecule has 3 heterocycles. The van der Waals surface area contributed by atoms with E-state index in [1.807, 2.05) is 4.72 Å². The van der Waals surface area contributed by atoms with Gasteiger partial charge in [0.1, 0.15) is 5.54 Å². The highest BCUT2D eigenvalue weighted by molar-refractivity contribution is 7.89. The third-order valence-electron chi connectivity index (χ3n) is 7.46. The van der Waals surface area contributed by atoms with Crippen molar-refractivity contribution in [2.45, 2.75) is 23.9 Å². The molecule has 2 saturated heterocycles. The van der Waals surface area contributed by atoms with E-state index in [4.69, 9.17) is 46.4 Å². The first-order chi connectivity index (χ1) is 18.5. The maximum atomic E-state index is 15.0. The van der Waals surface area contributed by atoms with Crippen LogP contribution in [0.1, 0.15) is 12.0 Å². The summed E-state index contributed by atoms with van der Waals surface area (Å²) in [7, 11) is -2.88. The minimum Gasteiger partial charge on any atom is -0.323 e. The molecule has 2 N–H and O–H groups in total. The molecule has 3 aliphatic rings. The lowest BCUT2D eigenvalue weighted by Crippen LogP contribution is -2.57. The van der Waals surface area contributed by atoms with Gasteiger partial charge in [0.05, 0.1) is 35.3 Å². The third-order valence-corrected chi connectivity index (χ3v) is 8.98. The first kappa shape index (κ1) is 29.3. The molecule has 0 aromatic heterocycles. The van der Waals surface area contributed by atoms with Crippen molar-refractivity contribution in [2.24, 2.45) is 11.8 Å². The Morgan fingerprint density at radius 2 is 1.68 bits per heavy atom. The van der Waals surface area contributed by atoms with Crippen LogP contribution in [0.2, 0.25) is 20.1 Å². The van der Waals surface area contributed by atoms with Crippen LogP contribution in [0.3, 0.4) is 0 Å². The standard InChI is InChI=1S/C24H20Cl4F2N4O5S/c1-33(13-4-10(25)3-11(26)5-13)21(36)17-16-8-23(29,30)9-34(16)24(18(17)20(35)32-40(2,38)39)14-6-12(27)7-15(28)19(14)31-22(24)37/h3-7,16-18H,8-9H2,1-2H3,(H,31,37)(H,32,35)/t16-,17+,18-,24+/m1/s1. The van der Waals surface area contributed by atoms with E-state index in [0.717, 1.165) is 16.1 Å². The summed E-state index contributed by atoms with van der Waals surface area (Å²) >= 11 is 24.8. The maximum Gasteiger partial charge on any atom is 0.262 e. The fourth-order valence-corrected chi connectivity index (χ4v) is 7.68. The van der Waals surface area contributed by atoms with Crippen molar-refractivity contribution >= 4 is 85.5 Å². The van der Waals surface area contributed by atoms with E-state index in [1.54, 1.807) is 0 Å². The van der Waals surface area contributed by atoms with E-state index in [9.17, 15) is 22.8 Å². The van der Waals surface area contributed by atoms with Gasteiger partial charge in [-0.15, -0.1) is 0 Å². The number of nitrogens with zero attached hydrogens (tertiary/aromatic N) is 2. The molecule has 0 unspecified atom stereocenters. The number of sulfonamides is 1. The van der Waals surface area contributed by atoms with Gasteiger partial charge in [0.2, 0.25) is 21.8 Å². The summed E-state index contributed by atoms with van der Waals surface area (Å²) in [5.41, 5.74) is -2.05. The Bertz CT molecular complexity index is 1570. The van der Waals surface area contributed by atoms with Gasteiger partial charge in [0.15, 0.2) is 0 Å².